The van der Waals surface area contributed by atoms with E-state index in [0.29, 0.717) is 5.15 Å². The first kappa shape index (κ1) is 8.88. The Morgan fingerprint density at radius 2 is 2.27 bits per heavy atom. The summed E-state index contributed by atoms with van der Waals surface area (Å²) in [5.74, 6) is 0. The molecule has 0 aliphatic carbocycles. The molecule has 0 aliphatic heterocycles. The maximum absolute atomic E-state index is 5.83. The fourth-order valence-corrected chi connectivity index (χ4v) is 2.56. The Kier molecular flexibility index (Phi) is 1.97. The van der Waals surface area contributed by atoms with Gasteiger partial charge in [-0.05, 0) is 18.2 Å². The van der Waals surface area contributed by atoms with Gasteiger partial charge in [-0.3, -0.25) is 5.10 Å². The Hall–Kier alpha value is -1.39. The average Bonchev–Trinajstić information content (AvgIpc) is 2.84. The van der Waals surface area contributed by atoms with Crippen LogP contribution in [0.4, 0.5) is 0 Å². The second-order valence-corrected chi connectivity index (χ2v) is 4.59. The lowest BCUT2D eigenvalue weighted by atomic mass is 10.3. The van der Waals surface area contributed by atoms with Crippen LogP contribution in [0.15, 0.2) is 30.6 Å². The molecule has 0 aliphatic rings. The number of rotatable bonds is 1. The van der Waals surface area contributed by atoms with Crippen molar-refractivity contribution in [3.05, 3.63) is 35.7 Å². The molecule has 3 heterocycles. The SMILES string of the molecule is Clc1ccc2sc(-c3cn[nH]c3)cc2n1. The first-order valence-corrected chi connectivity index (χ1v) is 5.57. The van der Waals surface area contributed by atoms with Crippen LogP contribution in [0.1, 0.15) is 0 Å². The molecule has 0 bridgehead atoms. The van der Waals surface area contributed by atoms with Gasteiger partial charge in [-0.2, -0.15) is 5.10 Å². The largest absolute Gasteiger partial charge is 0.285 e. The molecule has 0 spiro atoms. The lowest BCUT2D eigenvalue weighted by Crippen LogP contribution is -1.71. The number of fused-ring (bicyclic) bond motifs is 1. The van der Waals surface area contributed by atoms with Crippen molar-refractivity contribution in [3.8, 4) is 10.4 Å². The van der Waals surface area contributed by atoms with Crippen molar-refractivity contribution in [1.29, 1.82) is 0 Å². The normalized spacial score (nSPS) is 11.0. The number of halogens is 1. The molecule has 0 unspecified atom stereocenters. The van der Waals surface area contributed by atoms with Crippen LogP contribution in [0.25, 0.3) is 20.7 Å². The van der Waals surface area contributed by atoms with Crippen molar-refractivity contribution in [2.45, 2.75) is 0 Å². The Balaban J connectivity index is 2.22. The summed E-state index contributed by atoms with van der Waals surface area (Å²) in [7, 11) is 0. The van der Waals surface area contributed by atoms with Crippen molar-refractivity contribution in [2.75, 3.05) is 0 Å². The number of hydrogen-bond acceptors (Lipinski definition) is 3. The second-order valence-electron chi connectivity index (χ2n) is 3.11. The van der Waals surface area contributed by atoms with E-state index in [1.54, 1.807) is 23.6 Å². The van der Waals surface area contributed by atoms with Crippen LogP contribution < -0.4 is 0 Å². The number of aromatic nitrogens is 3. The highest BCUT2D eigenvalue weighted by Gasteiger charge is 2.06. The molecule has 0 saturated carbocycles. The monoisotopic (exact) mass is 235 g/mol. The van der Waals surface area contributed by atoms with Gasteiger partial charge in [-0.1, -0.05) is 11.6 Å². The number of nitrogens with one attached hydrogen (secondary N) is 1. The van der Waals surface area contributed by atoms with Gasteiger partial charge < -0.3 is 0 Å². The third kappa shape index (κ3) is 1.52. The minimum absolute atomic E-state index is 0.527. The number of H-pyrrole nitrogens is 1. The van der Waals surface area contributed by atoms with E-state index < -0.39 is 0 Å². The van der Waals surface area contributed by atoms with Gasteiger partial charge in [0, 0.05) is 16.6 Å². The Bertz CT molecular complexity index is 600. The first-order chi connectivity index (χ1) is 7.33. The lowest BCUT2D eigenvalue weighted by molar-refractivity contribution is 1.09. The molecule has 0 fully saturated rings. The molecule has 3 aromatic heterocycles. The summed E-state index contributed by atoms with van der Waals surface area (Å²) < 4.78 is 1.13. The van der Waals surface area contributed by atoms with Crippen molar-refractivity contribution >= 4 is 33.2 Å². The molecule has 3 aromatic rings. The van der Waals surface area contributed by atoms with Crippen LogP contribution in [-0.2, 0) is 0 Å². The summed E-state index contributed by atoms with van der Waals surface area (Å²) in [5.41, 5.74) is 2.01. The number of thiophene rings is 1. The van der Waals surface area contributed by atoms with Crippen molar-refractivity contribution in [3.63, 3.8) is 0 Å². The highest BCUT2D eigenvalue weighted by Crippen LogP contribution is 2.32. The van der Waals surface area contributed by atoms with Gasteiger partial charge in [0.1, 0.15) is 5.15 Å². The third-order valence-electron chi connectivity index (χ3n) is 2.12. The van der Waals surface area contributed by atoms with Gasteiger partial charge in [0.15, 0.2) is 0 Å². The number of hydrogen-bond donors (Lipinski definition) is 1. The summed E-state index contributed by atoms with van der Waals surface area (Å²) >= 11 is 7.51. The van der Waals surface area contributed by atoms with Gasteiger partial charge in [0.25, 0.3) is 0 Å². The van der Waals surface area contributed by atoms with Crippen LogP contribution in [0.2, 0.25) is 5.15 Å². The highest BCUT2D eigenvalue weighted by atomic mass is 35.5. The van der Waals surface area contributed by atoms with Crippen molar-refractivity contribution < 1.29 is 0 Å². The van der Waals surface area contributed by atoms with E-state index in [1.165, 1.54) is 0 Å². The molecule has 0 radical (unpaired) electrons. The predicted octanol–water partition coefficient (Wildman–Crippen LogP) is 3.34. The van der Waals surface area contributed by atoms with E-state index in [4.69, 9.17) is 11.6 Å². The van der Waals surface area contributed by atoms with Gasteiger partial charge in [0.2, 0.25) is 0 Å². The lowest BCUT2D eigenvalue weighted by Gasteiger charge is -1.87. The highest BCUT2D eigenvalue weighted by molar-refractivity contribution is 7.22. The average molecular weight is 236 g/mol. The fraction of sp³-hybridized carbons (Fsp3) is 0. The molecule has 1 N–H and O–H groups in total. The summed E-state index contributed by atoms with van der Waals surface area (Å²) in [5, 5.41) is 7.24. The van der Waals surface area contributed by atoms with Crippen molar-refractivity contribution in [2.24, 2.45) is 0 Å². The summed E-state index contributed by atoms with van der Waals surface area (Å²) in [6, 6.07) is 5.81. The molecule has 15 heavy (non-hydrogen) atoms. The molecule has 5 heteroatoms. The molecule has 0 aromatic carbocycles. The standard InChI is InChI=1S/C10H6ClN3S/c11-10-2-1-8-7(14-10)3-9(15-8)6-4-12-13-5-6/h1-5H,(H,12,13). The number of pyridine rings is 1. The molecule has 0 atom stereocenters. The van der Waals surface area contributed by atoms with Gasteiger partial charge in [-0.25, -0.2) is 4.98 Å². The molecule has 0 amide bonds. The first-order valence-electron chi connectivity index (χ1n) is 4.38. The Labute approximate surface area is 94.7 Å². The van der Waals surface area contributed by atoms with Crippen LogP contribution >= 0.6 is 22.9 Å². The van der Waals surface area contributed by atoms with Crippen molar-refractivity contribution in [1.82, 2.24) is 15.2 Å². The van der Waals surface area contributed by atoms with Crippen LogP contribution in [0, 0.1) is 0 Å². The van der Waals surface area contributed by atoms with E-state index in [9.17, 15) is 0 Å². The molecule has 3 rings (SSSR count). The number of nitrogens with zero attached hydrogens (tertiary/aromatic N) is 2. The quantitative estimate of drug-likeness (QED) is 0.658. The smallest absolute Gasteiger partial charge is 0.129 e. The maximum Gasteiger partial charge on any atom is 0.129 e. The van der Waals surface area contributed by atoms with E-state index >= 15 is 0 Å². The Morgan fingerprint density at radius 1 is 1.33 bits per heavy atom. The summed E-state index contributed by atoms with van der Waals surface area (Å²) in [6.07, 6.45) is 3.67. The zero-order valence-electron chi connectivity index (χ0n) is 7.57. The van der Waals surface area contributed by atoms with Gasteiger partial charge in [0.05, 0.1) is 16.4 Å². The summed E-state index contributed by atoms with van der Waals surface area (Å²) in [6.45, 7) is 0. The van der Waals surface area contributed by atoms with Crippen LogP contribution in [0.5, 0.6) is 0 Å². The number of aromatic amines is 1. The van der Waals surface area contributed by atoms with E-state index in [1.807, 2.05) is 18.3 Å². The molecule has 3 nitrogen and oxygen atoms in total. The van der Waals surface area contributed by atoms with Crippen LogP contribution in [0.3, 0.4) is 0 Å². The maximum atomic E-state index is 5.83. The topological polar surface area (TPSA) is 41.6 Å². The fourth-order valence-electron chi connectivity index (χ4n) is 1.43. The molecule has 74 valence electrons. The third-order valence-corrected chi connectivity index (χ3v) is 3.47. The molecular weight excluding hydrogens is 230 g/mol. The Morgan fingerprint density at radius 3 is 3.07 bits per heavy atom. The van der Waals surface area contributed by atoms with Crippen LogP contribution in [-0.4, -0.2) is 15.2 Å². The van der Waals surface area contributed by atoms with E-state index in [2.05, 4.69) is 15.2 Å². The second kappa shape index (κ2) is 3.32. The zero-order chi connectivity index (χ0) is 10.3. The van der Waals surface area contributed by atoms with E-state index in [-0.39, 0.29) is 0 Å². The zero-order valence-corrected chi connectivity index (χ0v) is 9.14. The predicted molar refractivity (Wildman–Crippen MR) is 62.2 cm³/mol. The van der Waals surface area contributed by atoms with Gasteiger partial charge in [-0.15, -0.1) is 11.3 Å². The summed E-state index contributed by atoms with van der Waals surface area (Å²) in [4.78, 5) is 5.40. The minimum atomic E-state index is 0.527. The van der Waals surface area contributed by atoms with Gasteiger partial charge >= 0.3 is 0 Å². The molecule has 0 saturated heterocycles. The molecular formula is C10H6ClN3S. The minimum Gasteiger partial charge on any atom is -0.285 e. The van der Waals surface area contributed by atoms with E-state index in [0.717, 1.165) is 20.7 Å².